The van der Waals surface area contributed by atoms with E-state index in [1.807, 2.05) is 4.90 Å². The van der Waals surface area contributed by atoms with Gasteiger partial charge in [-0.3, -0.25) is 4.40 Å². The van der Waals surface area contributed by atoms with Crippen LogP contribution in [-0.2, 0) is 20.2 Å². The lowest BCUT2D eigenvalue weighted by molar-refractivity contribution is -0.124. The largest absolute Gasteiger partial charge is 0.380 e. The molecule has 3 aromatic rings. The Morgan fingerprint density at radius 2 is 1.89 bits per heavy atom. The lowest BCUT2D eigenvalue weighted by Crippen LogP contribution is -2.51. The monoisotopic (exact) mass is 577 g/mol. The Labute approximate surface area is 227 Å². The van der Waals surface area contributed by atoms with E-state index in [1.165, 1.54) is 21.9 Å². The highest BCUT2D eigenvalue weighted by atomic mass is 35.5. The van der Waals surface area contributed by atoms with Gasteiger partial charge >= 0.3 is 0 Å². The molecule has 1 N–H and O–H groups in total. The van der Waals surface area contributed by atoms with Gasteiger partial charge in [-0.15, -0.1) is 10.2 Å². The van der Waals surface area contributed by atoms with Crippen molar-refractivity contribution >= 4 is 44.2 Å². The van der Waals surface area contributed by atoms with Crippen molar-refractivity contribution in [3.8, 4) is 16.9 Å². The first-order valence-electron chi connectivity index (χ1n) is 12.6. The first kappa shape index (κ1) is 24.7. The van der Waals surface area contributed by atoms with Crippen LogP contribution in [0, 0.1) is 22.6 Å². The zero-order chi connectivity index (χ0) is 26.5. The van der Waals surface area contributed by atoms with Gasteiger partial charge in [0.05, 0.1) is 19.3 Å². The van der Waals surface area contributed by atoms with Crippen LogP contribution in [0.25, 0.3) is 16.3 Å². The van der Waals surface area contributed by atoms with Crippen molar-refractivity contribution in [3.63, 3.8) is 0 Å². The van der Waals surface area contributed by atoms with E-state index in [-0.39, 0.29) is 27.6 Å². The van der Waals surface area contributed by atoms with E-state index >= 15 is 4.39 Å². The summed E-state index contributed by atoms with van der Waals surface area (Å²) < 4.78 is 52.9. The Morgan fingerprint density at radius 3 is 2.47 bits per heavy atom. The Kier molecular flexibility index (Phi) is 5.24. The smallest absolute Gasteiger partial charge is 0.245 e. The number of hydrogen-bond acceptors (Lipinski definition) is 9. The first-order chi connectivity index (χ1) is 18.1. The summed E-state index contributed by atoms with van der Waals surface area (Å²) in [6.07, 6.45) is 5.65. The van der Waals surface area contributed by atoms with Crippen molar-refractivity contribution in [1.29, 1.82) is 5.26 Å². The molecule has 7 rings (SSSR count). The molecule has 5 heterocycles. The molecular weight excluding hydrogens is 553 g/mol. The molecule has 0 atom stereocenters. The van der Waals surface area contributed by atoms with Gasteiger partial charge in [0.2, 0.25) is 10.0 Å². The van der Waals surface area contributed by atoms with Gasteiger partial charge in [-0.05, 0) is 45.4 Å². The molecule has 0 amide bonds. The van der Waals surface area contributed by atoms with Crippen LogP contribution in [0.1, 0.15) is 50.5 Å². The minimum absolute atomic E-state index is 0.0467. The minimum Gasteiger partial charge on any atom is -0.380 e. The van der Waals surface area contributed by atoms with Crippen LogP contribution in [-0.4, -0.2) is 59.8 Å². The van der Waals surface area contributed by atoms with Crippen molar-refractivity contribution in [2.75, 3.05) is 31.2 Å². The molecule has 2 saturated carbocycles. The van der Waals surface area contributed by atoms with Crippen LogP contribution in [0.5, 0.6) is 0 Å². The molecule has 4 aliphatic rings. The molecule has 2 aliphatic carbocycles. The number of piperidine rings is 1. The fourth-order valence-electron chi connectivity index (χ4n) is 5.32. The maximum atomic E-state index is 16.3. The summed E-state index contributed by atoms with van der Waals surface area (Å²) in [6.45, 7) is 4.26. The SMILES string of the molecule is CC1(NS(=O)(=O)c2cn3c(-c4nnc(C5(C#N)CC5)s4)nc(Cl)c3c(N3CCC4(CC3)COC4)c2F)CC1. The number of sulfonamides is 1. The van der Waals surface area contributed by atoms with Gasteiger partial charge in [0.1, 0.15) is 26.5 Å². The van der Waals surface area contributed by atoms with E-state index in [0.717, 1.165) is 12.8 Å². The molecule has 3 aromatic heterocycles. The van der Waals surface area contributed by atoms with E-state index < -0.39 is 31.7 Å². The summed E-state index contributed by atoms with van der Waals surface area (Å²) in [5.74, 6) is -0.582. The lowest BCUT2D eigenvalue weighted by Gasteiger charge is -2.48. The quantitative estimate of drug-likeness (QED) is 0.470. The van der Waals surface area contributed by atoms with E-state index in [0.29, 0.717) is 62.0 Å². The van der Waals surface area contributed by atoms with Gasteiger partial charge in [-0.1, -0.05) is 22.9 Å². The maximum Gasteiger partial charge on any atom is 0.245 e. The zero-order valence-electron chi connectivity index (χ0n) is 20.6. The number of hydrogen-bond donors (Lipinski definition) is 1. The van der Waals surface area contributed by atoms with Crippen molar-refractivity contribution in [2.24, 2.45) is 5.41 Å². The third-order valence-corrected chi connectivity index (χ3v) is 11.4. The average Bonchev–Trinajstić information content (AvgIpc) is 3.72. The lowest BCUT2D eigenvalue weighted by atomic mass is 9.77. The predicted molar refractivity (Wildman–Crippen MR) is 138 cm³/mol. The molecule has 38 heavy (non-hydrogen) atoms. The summed E-state index contributed by atoms with van der Waals surface area (Å²) >= 11 is 7.86. The van der Waals surface area contributed by atoms with Gasteiger partial charge < -0.3 is 9.64 Å². The number of nitriles is 1. The topological polar surface area (TPSA) is 126 Å². The molecule has 1 spiro atoms. The normalized spacial score (nSPS) is 22.8. The fraction of sp³-hybridized carbons (Fsp3) is 0.583. The number of nitrogens with one attached hydrogen (secondary N) is 1. The highest BCUT2D eigenvalue weighted by Gasteiger charge is 2.49. The predicted octanol–water partition coefficient (Wildman–Crippen LogP) is 3.65. The number of nitrogens with zero attached hydrogens (tertiary/aromatic N) is 6. The van der Waals surface area contributed by atoms with E-state index in [2.05, 4.69) is 26.0 Å². The van der Waals surface area contributed by atoms with Gasteiger partial charge in [-0.2, -0.15) is 5.26 Å². The number of rotatable bonds is 6. The molecule has 0 unspecified atom stereocenters. The summed E-state index contributed by atoms with van der Waals surface area (Å²) in [6, 6.07) is 2.31. The second kappa shape index (κ2) is 8.08. The van der Waals surface area contributed by atoms with Crippen molar-refractivity contribution in [3.05, 3.63) is 22.2 Å². The van der Waals surface area contributed by atoms with Crippen LogP contribution in [0.15, 0.2) is 11.1 Å². The molecule has 4 fully saturated rings. The van der Waals surface area contributed by atoms with Crippen molar-refractivity contribution < 1.29 is 17.5 Å². The van der Waals surface area contributed by atoms with Crippen molar-refractivity contribution in [2.45, 2.75) is 61.3 Å². The molecule has 0 radical (unpaired) electrons. The van der Waals surface area contributed by atoms with E-state index in [4.69, 9.17) is 16.3 Å². The number of ether oxygens (including phenoxy) is 1. The third-order valence-electron chi connectivity index (χ3n) is 8.38. The molecule has 0 aromatic carbocycles. The van der Waals surface area contributed by atoms with Gasteiger partial charge in [0.25, 0.3) is 0 Å². The van der Waals surface area contributed by atoms with Gasteiger partial charge in [-0.25, -0.2) is 22.5 Å². The highest BCUT2D eigenvalue weighted by Crippen LogP contribution is 2.50. The van der Waals surface area contributed by atoms with E-state index in [9.17, 15) is 13.7 Å². The van der Waals surface area contributed by atoms with Crippen molar-refractivity contribution in [1.82, 2.24) is 24.3 Å². The number of fused-ring (bicyclic) bond motifs is 1. The summed E-state index contributed by atoms with van der Waals surface area (Å²) in [5, 5.41) is 19.1. The van der Waals surface area contributed by atoms with E-state index in [1.54, 1.807) is 6.92 Å². The number of imidazole rings is 1. The number of pyridine rings is 1. The van der Waals surface area contributed by atoms with Crippen LogP contribution < -0.4 is 9.62 Å². The fourth-order valence-corrected chi connectivity index (χ4v) is 8.15. The Balaban J connectivity index is 1.39. The Bertz CT molecular complexity index is 1620. The molecule has 200 valence electrons. The van der Waals surface area contributed by atoms with Crippen LogP contribution >= 0.6 is 22.9 Å². The second-order valence-corrected chi connectivity index (χ2v) is 14.3. The highest BCUT2D eigenvalue weighted by molar-refractivity contribution is 7.89. The second-order valence-electron chi connectivity index (χ2n) is 11.4. The Hall–Kier alpha value is -2.37. The summed E-state index contributed by atoms with van der Waals surface area (Å²) in [5.41, 5.74) is -0.700. The Morgan fingerprint density at radius 1 is 1.18 bits per heavy atom. The molecule has 2 aliphatic heterocycles. The number of anilines is 1. The van der Waals surface area contributed by atoms with Crippen LogP contribution in [0.4, 0.5) is 10.1 Å². The third kappa shape index (κ3) is 3.76. The first-order valence-corrected chi connectivity index (χ1v) is 15.3. The van der Waals surface area contributed by atoms with Crippen LogP contribution in [0.3, 0.4) is 0 Å². The number of aromatic nitrogens is 4. The molecule has 14 heteroatoms. The van der Waals surface area contributed by atoms with Gasteiger partial charge in [0.15, 0.2) is 21.8 Å². The zero-order valence-corrected chi connectivity index (χ0v) is 23.0. The number of halogens is 2. The molecule has 0 bridgehead atoms. The minimum atomic E-state index is -4.20. The average molecular weight is 578 g/mol. The summed E-state index contributed by atoms with van der Waals surface area (Å²) in [7, 11) is -4.20. The molecule has 10 nitrogen and oxygen atoms in total. The van der Waals surface area contributed by atoms with Crippen LogP contribution in [0.2, 0.25) is 5.15 Å². The van der Waals surface area contributed by atoms with Gasteiger partial charge in [0, 0.05) is 30.2 Å². The maximum absolute atomic E-state index is 16.3. The summed E-state index contributed by atoms with van der Waals surface area (Å²) in [4.78, 5) is 5.89. The molecular formula is C24H25ClFN7O3S2. The standard InChI is InChI=1S/C24H25ClFN7O3S2/c1-22(2-3-22)31-38(34,35)14-10-33-17(16(15(14)26)32-8-6-23(7-9-32)12-36-13-23)18(25)28-19(33)20-29-30-21(37-20)24(11-27)4-5-24/h10,31H,2-9,12-13H2,1H3. The molecule has 2 saturated heterocycles.